The molecule has 0 bridgehead atoms. The Bertz CT molecular complexity index is 360. The summed E-state index contributed by atoms with van der Waals surface area (Å²) in [5, 5.41) is 3.90. The fourth-order valence-electron chi connectivity index (χ4n) is 1.87. The molecule has 0 radical (unpaired) electrons. The van der Waals surface area contributed by atoms with E-state index in [4.69, 9.17) is 11.6 Å². The molecule has 1 aromatic rings. The van der Waals surface area contributed by atoms with Crippen LogP contribution in [0.1, 0.15) is 19.4 Å². The highest BCUT2D eigenvalue weighted by atomic mass is 35.5. The van der Waals surface area contributed by atoms with Crippen molar-refractivity contribution in [2.24, 2.45) is 5.92 Å². The minimum atomic E-state index is -0.284. The Balaban J connectivity index is 2.61. The fraction of sp³-hybridized carbons (Fsp3) is 0.571. The Morgan fingerprint density at radius 2 is 1.94 bits per heavy atom. The van der Waals surface area contributed by atoms with E-state index in [0.29, 0.717) is 23.5 Å². The lowest BCUT2D eigenvalue weighted by atomic mass is 10.0. The largest absolute Gasteiger partial charge is 0.308 e. The third kappa shape index (κ3) is 5.34. The van der Waals surface area contributed by atoms with Gasteiger partial charge < -0.3 is 10.2 Å². The van der Waals surface area contributed by atoms with E-state index >= 15 is 0 Å². The van der Waals surface area contributed by atoms with Crippen LogP contribution in [0.5, 0.6) is 0 Å². The Morgan fingerprint density at radius 3 is 2.44 bits per heavy atom. The van der Waals surface area contributed by atoms with E-state index in [9.17, 15) is 4.39 Å². The summed E-state index contributed by atoms with van der Waals surface area (Å²) in [7, 11) is 4.10. The minimum absolute atomic E-state index is 0.284. The molecule has 1 atom stereocenters. The standard InChI is InChI=1S/C14H22ClFN2/c1-10(2)14(9-18(3)4)17-8-11-5-12(15)7-13(16)6-11/h5-7,10,14,17H,8-9H2,1-4H3. The van der Waals surface area contributed by atoms with E-state index in [-0.39, 0.29) is 5.82 Å². The summed E-state index contributed by atoms with van der Waals surface area (Å²) in [6.07, 6.45) is 0. The number of likely N-dealkylation sites (N-methyl/N-ethyl adjacent to an activating group) is 1. The van der Waals surface area contributed by atoms with Gasteiger partial charge in [-0.05, 0) is 43.8 Å². The van der Waals surface area contributed by atoms with Crippen LogP contribution in [0.25, 0.3) is 0 Å². The van der Waals surface area contributed by atoms with Crippen molar-refractivity contribution in [3.63, 3.8) is 0 Å². The van der Waals surface area contributed by atoms with Crippen molar-refractivity contribution in [2.75, 3.05) is 20.6 Å². The molecule has 18 heavy (non-hydrogen) atoms. The second-order valence-electron chi connectivity index (χ2n) is 5.27. The Morgan fingerprint density at radius 1 is 1.28 bits per heavy atom. The summed E-state index contributed by atoms with van der Waals surface area (Å²) in [6.45, 7) is 5.95. The molecule has 0 aromatic heterocycles. The van der Waals surface area contributed by atoms with Crippen LogP contribution in [-0.4, -0.2) is 31.6 Å². The lowest BCUT2D eigenvalue weighted by molar-refractivity contribution is 0.288. The average molecular weight is 273 g/mol. The lowest BCUT2D eigenvalue weighted by Crippen LogP contribution is -2.41. The third-order valence-corrected chi connectivity index (χ3v) is 3.08. The molecule has 0 aliphatic carbocycles. The maximum Gasteiger partial charge on any atom is 0.125 e. The van der Waals surface area contributed by atoms with Crippen molar-refractivity contribution in [3.05, 3.63) is 34.6 Å². The molecule has 0 aliphatic heterocycles. The zero-order valence-electron chi connectivity index (χ0n) is 11.5. The molecule has 0 fully saturated rings. The maximum atomic E-state index is 13.2. The smallest absolute Gasteiger partial charge is 0.125 e. The Labute approximate surface area is 114 Å². The van der Waals surface area contributed by atoms with Crippen molar-refractivity contribution >= 4 is 11.6 Å². The predicted octanol–water partition coefficient (Wildman–Crippen LogP) is 3.15. The van der Waals surface area contributed by atoms with Crippen molar-refractivity contribution in [1.29, 1.82) is 0 Å². The molecule has 0 heterocycles. The van der Waals surface area contributed by atoms with Crippen LogP contribution in [-0.2, 0) is 6.54 Å². The minimum Gasteiger partial charge on any atom is -0.308 e. The summed E-state index contributed by atoms with van der Waals surface area (Å²) in [5.41, 5.74) is 0.879. The number of nitrogens with one attached hydrogen (secondary N) is 1. The van der Waals surface area contributed by atoms with Crippen LogP contribution in [0.15, 0.2) is 18.2 Å². The van der Waals surface area contributed by atoms with Crippen molar-refractivity contribution < 1.29 is 4.39 Å². The molecule has 0 amide bonds. The van der Waals surface area contributed by atoms with Crippen LogP contribution >= 0.6 is 11.6 Å². The van der Waals surface area contributed by atoms with Gasteiger partial charge in [-0.15, -0.1) is 0 Å². The average Bonchev–Trinajstić information content (AvgIpc) is 2.21. The van der Waals surface area contributed by atoms with Crippen LogP contribution in [0.4, 0.5) is 4.39 Å². The lowest BCUT2D eigenvalue weighted by Gasteiger charge is -2.25. The number of rotatable bonds is 6. The van der Waals surface area contributed by atoms with Gasteiger partial charge in [0.25, 0.3) is 0 Å². The summed E-state index contributed by atoms with van der Waals surface area (Å²) in [4.78, 5) is 2.15. The monoisotopic (exact) mass is 272 g/mol. The first-order valence-electron chi connectivity index (χ1n) is 6.21. The van der Waals surface area contributed by atoms with Gasteiger partial charge in [0.05, 0.1) is 0 Å². The number of halogens is 2. The number of hydrogen-bond acceptors (Lipinski definition) is 2. The molecule has 1 unspecified atom stereocenters. The van der Waals surface area contributed by atoms with Gasteiger partial charge in [0, 0.05) is 24.2 Å². The van der Waals surface area contributed by atoms with Gasteiger partial charge in [-0.2, -0.15) is 0 Å². The second kappa shape index (κ2) is 7.07. The molecule has 1 N–H and O–H groups in total. The number of nitrogens with zero attached hydrogens (tertiary/aromatic N) is 1. The quantitative estimate of drug-likeness (QED) is 0.856. The van der Waals surface area contributed by atoms with E-state index in [2.05, 4.69) is 38.2 Å². The van der Waals surface area contributed by atoms with Crippen molar-refractivity contribution in [2.45, 2.75) is 26.4 Å². The van der Waals surface area contributed by atoms with Gasteiger partial charge in [0.1, 0.15) is 5.82 Å². The topological polar surface area (TPSA) is 15.3 Å². The van der Waals surface area contributed by atoms with Gasteiger partial charge >= 0.3 is 0 Å². The molecule has 1 rings (SSSR count). The molecule has 0 saturated heterocycles. The van der Waals surface area contributed by atoms with Gasteiger partial charge in [-0.25, -0.2) is 4.39 Å². The first-order chi connectivity index (χ1) is 8.38. The third-order valence-electron chi connectivity index (χ3n) is 2.86. The second-order valence-corrected chi connectivity index (χ2v) is 5.71. The van der Waals surface area contributed by atoms with Gasteiger partial charge in [0.15, 0.2) is 0 Å². The molecule has 0 spiro atoms. The van der Waals surface area contributed by atoms with Crippen LogP contribution in [0, 0.1) is 11.7 Å². The molecule has 1 aromatic carbocycles. The van der Waals surface area contributed by atoms with E-state index in [0.717, 1.165) is 12.1 Å². The number of hydrogen-bond donors (Lipinski definition) is 1. The SMILES string of the molecule is CC(C)C(CN(C)C)NCc1cc(F)cc(Cl)c1. The highest BCUT2D eigenvalue weighted by molar-refractivity contribution is 6.30. The Kier molecular flexibility index (Phi) is 6.06. The van der Waals surface area contributed by atoms with E-state index in [1.165, 1.54) is 12.1 Å². The van der Waals surface area contributed by atoms with Crippen LogP contribution in [0.3, 0.4) is 0 Å². The summed E-state index contributed by atoms with van der Waals surface area (Å²) >= 11 is 5.84. The van der Waals surface area contributed by atoms with Crippen molar-refractivity contribution in [1.82, 2.24) is 10.2 Å². The zero-order valence-corrected chi connectivity index (χ0v) is 12.3. The predicted molar refractivity (Wildman–Crippen MR) is 75.4 cm³/mol. The maximum absolute atomic E-state index is 13.2. The van der Waals surface area contributed by atoms with Gasteiger partial charge in [-0.1, -0.05) is 25.4 Å². The first-order valence-corrected chi connectivity index (χ1v) is 6.59. The molecule has 0 saturated carbocycles. The highest BCUT2D eigenvalue weighted by Gasteiger charge is 2.13. The fourth-order valence-corrected chi connectivity index (χ4v) is 2.11. The molecular weight excluding hydrogens is 251 g/mol. The molecule has 2 nitrogen and oxygen atoms in total. The molecule has 0 aliphatic rings. The first kappa shape index (κ1) is 15.4. The van der Waals surface area contributed by atoms with Crippen LogP contribution in [0.2, 0.25) is 5.02 Å². The van der Waals surface area contributed by atoms with Crippen molar-refractivity contribution in [3.8, 4) is 0 Å². The number of benzene rings is 1. The normalized spacial score (nSPS) is 13.3. The molecular formula is C14H22ClFN2. The summed E-state index contributed by atoms with van der Waals surface area (Å²) in [6, 6.07) is 5.02. The van der Waals surface area contributed by atoms with E-state index in [1.54, 1.807) is 6.07 Å². The van der Waals surface area contributed by atoms with Crippen LogP contribution < -0.4 is 5.32 Å². The molecule has 4 heteroatoms. The van der Waals surface area contributed by atoms with Gasteiger partial charge in [-0.3, -0.25) is 0 Å². The molecule has 102 valence electrons. The zero-order chi connectivity index (χ0) is 13.7. The van der Waals surface area contributed by atoms with E-state index in [1.807, 2.05) is 0 Å². The van der Waals surface area contributed by atoms with Gasteiger partial charge in [0.2, 0.25) is 0 Å². The Hall–Kier alpha value is -0.640. The highest BCUT2D eigenvalue weighted by Crippen LogP contribution is 2.14. The summed E-state index contributed by atoms with van der Waals surface area (Å²) < 4.78 is 13.2. The van der Waals surface area contributed by atoms with E-state index < -0.39 is 0 Å². The summed E-state index contributed by atoms with van der Waals surface area (Å²) in [5.74, 6) is 0.240.